The van der Waals surface area contributed by atoms with E-state index < -0.39 is 8.07 Å². The van der Waals surface area contributed by atoms with Gasteiger partial charge in [0.25, 0.3) is 0 Å². The zero-order chi connectivity index (χ0) is 11.1. The Morgan fingerprint density at radius 1 is 0.933 bits per heavy atom. The fourth-order valence-corrected chi connectivity index (χ4v) is 4.98. The lowest BCUT2D eigenvalue weighted by Crippen LogP contribution is -2.44. The Kier molecular flexibility index (Phi) is 4.31. The Labute approximate surface area is 93.7 Å². The van der Waals surface area contributed by atoms with Crippen molar-refractivity contribution in [2.24, 2.45) is 0 Å². The van der Waals surface area contributed by atoms with E-state index in [0.717, 1.165) is 12.1 Å². The van der Waals surface area contributed by atoms with Crippen molar-refractivity contribution in [2.75, 3.05) is 0 Å². The lowest BCUT2D eigenvalue weighted by molar-refractivity contribution is 1.48. The van der Waals surface area contributed by atoms with Crippen LogP contribution in [0.15, 0.2) is 67.9 Å². The SMILES string of the molecule is C=CC[Si](C=C)(CC=C)c1ccccc1. The molecule has 0 spiro atoms. The van der Waals surface area contributed by atoms with Gasteiger partial charge < -0.3 is 0 Å². The van der Waals surface area contributed by atoms with E-state index in [2.05, 4.69) is 49.7 Å². The van der Waals surface area contributed by atoms with Crippen LogP contribution in [0.25, 0.3) is 0 Å². The zero-order valence-electron chi connectivity index (χ0n) is 9.15. The predicted octanol–water partition coefficient (Wildman–Crippen LogP) is 3.44. The first kappa shape index (κ1) is 11.7. The molecule has 0 fully saturated rings. The maximum absolute atomic E-state index is 4.01. The van der Waals surface area contributed by atoms with Crippen molar-refractivity contribution in [2.45, 2.75) is 12.1 Å². The first-order chi connectivity index (χ1) is 7.29. The lowest BCUT2D eigenvalue weighted by Gasteiger charge is -2.26. The van der Waals surface area contributed by atoms with Gasteiger partial charge in [0.15, 0.2) is 0 Å². The van der Waals surface area contributed by atoms with Crippen molar-refractivity contribution in [3.8, 4) is 0 Å². The second-order valence-electron chi connectivity index (χ2n) is 3.71. The maximum atomic E-state index is 4.01. The van der Waals surface area contributed by atoms with Crippen molar-refractivity contribution in [1.82, 2.24) is 0 Å². The fraction of sp³-hybridized carbons (Fsp3) is 0.143. The lowest BCUT2D eigenvalue weighted by atomic mass is 10.4. The summed E-state index contributed by atoms with van der Waals surface area (Å²) in [5, 5.41) is 1.42. The van der Waals surface area contributed by atoms with Gasteiger partial charge in [-0.1, -0.05) is 53.4 Å². The maximum Gasteiger partial charge on any atom is 0.117 e. The molecule has 0 unspecified atom stereocenters. The standard InChI is InChI=1S/C14H18Si/c1-4-12-15(6-3,13-5-2)14-10-8-7-9-11-14/h4-11H,1-3,12-13H2. The van der Waals surface area contributed by atoms with Crippen molar-refractivity contribution in [1.29, 1.82) is 0 Å². The molecule has 0 atom stereocenters. The van der Waals surface area contributed by atoms with Crippen LogP contribution < -0.4 is 5.19 Å². The molecule has 0 aromatic heterocycles. The Hall–Kier alpha value is -1.34. The van der Waals surface area contributed by atoms with Crippen molar-refractivity contribution >= 4 is 13.3 Å². The minimum atomic E-state index is -1.62. The highest BCUT2D eigenvalue weighted by Crippen LogP contribution is 2.18. The van der Waals surface area contributed by atoms with E-state index in [1.165, 1.54) is 5.19 Å². The van der Waals surface area contributed by atoms with E-state index >= 15 is 0 Å². The molecular weight excluding hydrogens is 196 g/mol. The first-order valence-corrected chi connectivity index (χ1v) is 7.69. The van der Waals surface area contributed by atoms with Crippen LogP contribution in [0.5, 0.6) is 0 Å². The van der Waals surface area contributed by atoms with E-state index in [0.29, 0.717) is 0 Å². The molecule has 0 bridgehead atoms. The number of allylic oxidation sites excluding steroid dienone is 2. The molecule has 1 aromatic rings. The summed E-state index contributed by atoms with van der Waals surface area (Å²) < 4.78 is 0. The van der Waals surface area contributed by atoms with Crippen molar-refractivity contribution in [3.63, 3.8) is 0 Å². The largest absolute Gasteiger partial charge is 0.117 e. The van der Waals surface area contributed by atoms with Gasteiger partial charge in [-0.3, -0.25) is 0 Å². The average Bonchev–Trinajstić information content (AvgIpc) is 2.30. The Morgan fingerprint density at radius 3 is 1.87 bits per heavy atom. The van der Waals surface area contributed by atoms with Crippen LogP contribution in [0.4, 0.5) is 0 Å². The van der Waals surface area contributed by atoms with Gasteiger partial charge in [-0.15, -0.1) is 19.7 Å². The third-order valence-corrected chi connectivity index (χ3v) is 7.06. The minimum absolute atomic E-state index is 1.03. The normalized spacial score (nSPS) is 10.7. The van der Waals surface area contributed by atoms with Crippen LogP contribution in [0.3, 0.4) is 0 Å². The summed E-state index contributed by atoms with van der Waals surface area (Å²) in [4.78, 5) is 0. The molecule has 0 aliphatic carbocycles. The smallest absolute Gasteiger partial charge is 0.107 e. The quantitative estimate of drug-likeness (QED) is 0.503. The molecule has 0 nitrogen and oxygen atoms in total. The molecule has 1 rings (SSSR count). The Morgan fingerprint density at radius 2 is 1.47 bits per heavy atom. The molecule has 1 aromatic carbocycles. The average molecular weight is 214 g/mol. The molecule has 0 amide bonds. The van der Waals surface area contributed by atoms with Gasteiger partial charge in [-0.25, -0.2) is 0 Å². The summed E-state index contributed by atoms with van der Waals surface area (Å²) in [7, 11) is -1.62. The minimum Gasteiger partial charge on any atom is -0.107 e. The zero-order valence-corrected chi connectivity index (χ0v) is 10.2. The number of hydrogen-bond donors (Lipinski definition) is 0. The second kappa shape index (κ2) is 5.52. The van der Waals surface area contributed by atoms with E-state index in [1.54, 1.807) is 0 Å². The van der Waals surface area contributed by atoms with E-state index in [4.69, 9.17) is 0 Å². The summed E-state index contributed by atoms with van der Waals surface area (Å²) >= 11 is 0. The molecule has 0 radical (unpaired) electrons. The summed E-state index contributed by atoms with van der Waals surface area (Å²) in [5.74, 6) is 0. The van der Waals surface area contributed by atoms with Crippen LogP contribution in [-0.4, -0.2) is 8.07 Å². The molecular formula is C14H18Si. The van der Waals surface area contributed by atoms with Crippen molar-refractivity contribution < 1.29 is 0 Å². The molecule has 0 aliphatic heterocycles. The van der Waals surface area contributed by atoms with Gasteiger partial charge in [0.1, 0.15) is 8.07 Å². The van der Waals surface area contributed by atoms with Crippen LogP contribution in [0.2, 0.25) is 12.1 Å². The molecule has 0 N–H and O–H groups in total. The van der Waals surface area contributed by atoms with Crippen LogP contribution in [0.1, 0.15) is 0 Å². The number of hydrogen-bond acceptors (Lipinski definition) is 0. The second-order valence-corrected chi connectivity index (χ2v) is 7.83. The predicted molar refractivity (Wildman–Crippen MR) is 72.0 cm³/mol. The molecule has 78 valence electrons. The van der Waals surface area contributed by atoms with Crippen molar-refractivity contribution in [3.05, 3.63) is 67.9 Å². The number of benzene rings is 1. The highest BCUT2D eigenvalue weighted by Gasteiger charge is 2.28. The molecule has 0 saturated carbocycles. The number of rotatable bonds is 6. The topological polar surface area (TPSA) is 0 Å². The fourth-order valence-electron chi connectivity index (χ4n) is 1.89. The molecule has 15 heavy (non-hydrogen) atoms. The van der Waals surface area contributed by atoms with Crippen LogP contribution in [-0.2, 0) is 0 Å². The third-order valence-electron chi connectivity index (χ3n) is 2.76. The van der Waals surface area contributed by atoms with Crippen LogP contribution in [0, 0.1) is 0 Å². The van der Waals surface area contributed by atoms with Gasteiger partial charge in [0, 0.05) is 0 Å². The highest BCUT2D eigenvalue weighted by molar-refractivity contribution is 6.96. The summed E-state index contributed by atoms with van der Waals surface area (Å²) in [5.41, 5.74) is 2.14. The van der Waals surface area contributed by atoms with Gasteiger partial charge in [-0.2, -0.15) is 0 Å². The molecule has 1 heteroatoms. The van der Waals surface area contributed by atoms with Crippen LogP contribution >= 0.6 is 0 Å². The monoisotopic (exact) mass is 214 g/mol. The van der Waals surface area contributed by atoms with Gasteiger partial charge in [0.05, 0.1) is 0 Å². The third kappa shape index (κ3) is 2.57. The van der Waals surface area contributed by atoms with E-state index in [9.17, 15) is 0 Å². The summed E-state index contributed by atoms with van der Waals surface area (Å²) in [6.07, 6.45) is 4.01. The van der Waals surface area contributed by atoms with E-state index in [1.807, 2.05) is 18.2 Å². The summed E-state index contributed by atoms with van der Waals surface area (Å²) in [6.45, 7) is 11.7. The highest BCUT2D eigenvalue weighted by atomic mass is 28.3. The molecule has 0 aliphatic rings. The van der Waals surface area contributed by atoms with Gasteiger partial charge in [0.2, 0.25) is 0 Å². The van der Waals surface area contributed by atoms with E-state index in [-0.39, 0.29) is 0 Å². The Bertz CT molecular complexity index is 328. The van der Waals surface area contributed by atoms with Gasteiger partial charge in [-0.05, 0) is 12.1 Å². The molecule has 0 saturated heterocycles. The summed E-state index contributed by atoms with van der Waals surface area (Å²) in [6, 6.07) is 12.7. The van der Waals surface area contributed by atoms with Gasteiger partial charge >= 0.3 is 0 Å². The first-order valence-electron chi connectivity index (χ1n) is 5.20. The molecule has 0 heterocycles. The Balaban J connectivity index is 3.13.